The Morgan fingerprint density at radius 2 is 1.81 bits per heavy atom. The van der Waals surface area contributed by atoms with Gasteiger partial charge in [-0.3, -0.25) is 4.79 Å². The molecule has 1 aliphatic heterocycles. The van der Waals surface area contributed by atoms with Crippen LogP contribution >= 0.6 is 0 Å². The molecule has 2 aliphatic rings. The van der Waals surface area contributed by atoms with Gasteiger partial charge in [-0.15, -0.1) is 0 Å². The van der Waals surface area contributed by atoms with Gasteiger partial charge >= 0.3 is 0 Å². The Kier molecular flexibility index (Phi) is 3.62. The Bertz CT molecular complexity index is 646. The van der Waals surface area contributed by atoms with Crippen LogP contribution in [-0.2, 0) is 4.79 Å². The maximum absolute atomic E-state index is 12.6. The number of nitriles is 1. The van der Waals surface area contributed by atoms with Crippen molar-refractivity contribution in [2.45, 2.75) is 38.1 Å². The monoisotopic (exact) mass is 278 g/mol. The maximum Gasteiger partial charge on any atom is 0.269 e. The molecule has 1 aromatic rings. The Hall–Kier alpha value is -2.34. The summed E-state index contributed by atoms with van der Waals surface area (Å²) in [6.45, 7) is 4.11. The number of hydrogen-bond acceptors (Lipinski definition) is 2. The van der Waals surface area contributed by atoms with E-state index in [1.165, 1.54) is 6.42 Å². The highest BCUT2D eigenvalue weighted by atomic mass is 16.2. The van der Waals surface area contributed by atoms with Crippen molar-refractivity contribution in [3.63, 3.8) is 0 Å². The molecule has 0 aromatic heterocycles. The molecule has 0 atom stereocenters. The van der Waals surface area contributed by atoms with Crippen molar-refractivity contribution < 1.29 is 4.79 Å². The van der Waals surface area contributed by atoms with E-state index < -0.39 is 0 Å². The summed E-state index contributed by atoms with van der Waals surface area (Å²) in [5.41, 5.74) is 2.52. The largest absolute Gasteiger partial charge is 0.305 e. The van der Waals surface area contributed by atoms with Crippen LogP contribution in [0.2, 0.25) is 0 Å². The van der Waals surface area contributed by atoms with E-state index in [1.807, 2.05) is 30.3 Å². The second-order valence-corrected chi connectivity index (χ2v) is 5.64. The lowest BCUT2D eigenvalue weighted by molar-refractivity contribution is -0.126. The van der Waals surface area contributed by atoms with E-state index in [9.17, 15) is 10.1 Å². The summed E-state index contributed by atoms with van der Waals surface area (Å²) in [5.74, 6) is -0.173. The number of benzene rings is 1. The minimum atomic E-state index is -0.173. The van der Waals surface area contributed by atoms with E-state index in [2.05, 4.69) is 12.6 Å². The van der Waals surface area contributed by atoms with Crippen molar-refractivity contribution in [3.05, 3.63) is 53.7 Å². The van der Waals surface area contributed by atoms with E-state index in [4.69, 9.17) is 0 Å². The lowest BCUT2D eigenvalue weighted by atomic mass is 9.94. The SMILES string of the molecule is C=C1C(c2ccccc2)=C(C#N)C(=O)N1C1CCCCC1. The first kappa shape index (κ1) is 13.6. The average molecular weight is 278 g/mol. The molecule has 1 aliphatic carbocycles. The zero-order valence-corrected chi connectivity index (χ0v) is 12.0. The van der Waals surface area contributed by atoms with Crippen LogP contribution in [0.5, 0.6) is 0 Å². The van der Waals surface area contributed by atoms with Gasteiger partial charge in [0, 0.05) is 17.3 Å². The van der Waals surface area contributed by atoms with E-state index in [0.29, 0.717) is 11.3 Å². The van der Waals surface area contributed by atoms with Crippen molar-refractivity contribution >= 4 is 11.5 Å². The van der Waals surface area contributed by atoms with Crippen LogP contribution < -0.4 is 0 Å². The van der Waals surface area contributed by atoms with Crippen molar-refractivity contribution in [2.24, 2.45) is 0 Å². The smallest absolute Gasteiger partial charge is 0.269 e. The number of nitrogens with zero attached hydrogens (tertiary/aromatic N) is 2. The summed E-state index contributed by atoms with van der Waals surface area (Å²) in [7, 11) is 0. The van der Waals surface area contributed by atoms with Crippen molar-refractivity contribution in [1.29, 1.82) is 5.26 Å². The number of amides is 1. The standard InChI is InChI=1S/C18H18N2O/c1-13-17(14-8-4-2-5-9-14)16(12-19)18(21)20(13)15-10-6-3-7-11-15/h2,4-5,8-9,15H,1,3,6-7,10-11H2. The van der Waals surface area contributed by atoms with Crippen LogP contribution in [-0.4, -0.2) is 16.8 Å². The van der Waals surface area contributed by atoms with E-state index in [-0.39, 0.29) is 17.5 Å². The molecular formula is C18H18N2O. The Balaban J connectivity index is 1.99. The molecule has 3 heteroatoms. The molecule has 1 heterocycles. The van der Waals surface area contributed by atoms with Gasteiger partial charge in [0.1, 0.15) is 11.6 Å². The van der Waals surface area contributed by atoms with Crippen molar-refractivity contribution in [3.8, 4) is 6.07 Å². The molecule has 1 saturated carbocycles. The van der Waals surface area contributed by atoms with Crippen LogP contribution in [0.3, 0.4) is 0 Å². The second-order valence-electron chi connectivity index (χ2n) is 5.64. The summed E-state index contributed by atoms with van der Waals surface area (Å²) < 4.78 is 0. The van der Waals surface area contributed by atoms with Gasteiger partial charge in [-0.05, 0) is 18.4 Å². The van der Waals surface area contributed by atoms with Crippen LogP contribution in [0.4, 0.5) is 0 Å². The molecule has 0 bridgehead atoms. The third kappa shape index (κ3) is 2.27. The van der Waals surface area contributed by atoms with Gasteiger partial charge in [-0.25, -0.2) is 0 Å². The molecule has 0 unspecified atom stereocenters. The molecule has 0 radical (unpaired) electrons. The fourth-order valence-electron chi connectivity index (χ4n) is 3.36. The summed E-state index contributed by atoms with van der Waals surface area (Å²) in [6, 6.07) is 11.9. The number of allylic oxidation sites excluding steroid dienone is 1. The van der Waals surface area contributed by atoms with E-state index in [1.54, 1.807) is 4.90 Å². The summed E-state index contributed by atoms with van der Waals surface area (Å²) in [5, 5.41) is 9.41. The Morgan fingerprint density at radius 1 is 1.14 bits per heavy atom. The van der Waals surface area contributed by atoms with Crippen LogP contribution in [0.15, 0.2) is 48.2 Å². The molecule has 0 saturated heterocycles. The van der Waals surface area contributed by atoms with Crippen LogP contribution in [0.25, 0.3) is 5.57 Å². The molecule has 106 valence electrons. The average Bonchev–Trinajstić information content (AvgIpc) is 2.79. The lowest BCUT2D eigenvalue weighted by Gasteiger charge is -2.32. The zero-order valence-electron chi connectivity index (χ0n) is 12.0. The van der Waals surface area contributed by atoms with Gasteiger partial charge in [-0.1, -0.05) is 56.2 Å². The first-order valence-electron chi connectivity index (χ1n) is 7.46. The molecule has 1 fully saturated rings. The Labute approximate surface area is 125 Å². The fraction of sp³-hybridized carbons (Fsp3) is 0.333. The summed E-state index contributed by atoms with van der Waals surface area (Å²) in [6.07, 6.45) is 5.53. The summed E-state index contributed by atoms with van der Waals surface area (Å²) >= 11 is 0. The van der Waals surface area contributed by atoms with Gasteiger partial charge in [-0.2, -0.15) is 5.26 Å². The van der Waals surface area contributed by atoms with E-state index in [0.717, 1.165) is 31.2 Å². The molecule has 3 nitrogen and oxygen atoms in total. The van der Waals surface area contributed by atoms with Gasteiger partial charge in [0.25, 0.3) is 5.91 Å². The lowest BCUT2D eigenvalue weighted by Crippen LogP contribution is -2.37. The normalized spacial score (nSPS) is 20.0. The highest BCUT2D eigenvalue weighted by Gasteiger charge is 2.38. The molecule has 1 amide bonds. The minimum absolute atomic E-state index is 0.173. The first-order chi connectivity index (χ1) is 10.2. The van der Waals surface area contributed by atoms with E-state index >= 15 is 0 Å². The number of hydrogen-bond donors (Lipinski definition) is 0. The molecular weight excluding hydrogens is 260 g/mol. The van der Waals surface area contributed by atoms with Crippen LogP contribution in [0.1, 0.15) is 37.7 Å². The number of rotatable bonds is 2. The van der Waals surface area contributed by atoms with Gasteiger partial charge < -0.3 is 4.90 Å². The molecule has 0 N–H and O–H groups in total. The predicted octanol–water partition coefficient (Wildman–Crippen LogP) is 3.65. The number of carbonyl (C=O) groups excluding carboxylic acids is 1. The molecule has 0 spiro atoms. The molecule has 3 rings (SSSR count). The van der Waals surface area contributed by atoms with Crippen LogP contribution in [0, 0.1) is 11.3 Å². The predicted molar refractivity (Wildman–Crippen MR) is 81.8 cm³/mol. The first-order valence-corrected chi connectivity index (χ1v) is 7.46. The third-order valence-electron chi connectivity index (χ3n) is 4.38. The second kappa shape index (κ2) is 5.57. The van der Waals surface area contributed by atoms with Crippen molar-refractivity contribution in [1.82, 2.24) is 4.90 Å². The molecule has 1 aromatic carbocycles. The number of carbonyl (C=O) groups is 1. The molecule has 21 heavy (non-hydrogen) atoms. The fourth-order valence-corrected chi connectivity index (χ4v) is 3.36. The van der Waals surface area contributed by atoms with Gasteiger partial charge in [0.05, 0.1) is 0 Å². The van der Waals surface area contributed by atoms with Gasteiger partial charge in [0.15, 0.2) is 0 Å². The van der Waals surface area contributed by atoms with Gasteiger partial charge in [0.2, 0.25) is 0 Å². The van der Waals surface area contributed by atoms with Crippen molar-refractivity contribution in [2.75, 3.05) is 0 Å². The highest BCUT2D eigenvalue weighted by Crippen LogP contribution is 2.39. The topological polar surface area (TPSA) is 44.1 Å². The minimum Gasteiger partial charge on any atom is -0.305 e. The maximum atomic E-state index is 12.6. The quantitative estimate of drug-likeness (QED) is 0.828. The summed E-state index contributed by atoms with van der Waals surface area (Å²) in [4.78, 5) is 14.4. The zero-order chi connectivity index (χ0) is 14.8. The highest BCUT2D eigenvalue weighted by molar-refractivity contribution is 6.14. The Morgan fingerprint density at radius 3 is 2.43 bits per heavy atom. The third-order valence-corrected chi connectivity index (χ3v) is 4.38.